The van der Waals surface area contributed by atoms with E-state index in [-0.39, 0.29) is 5.75 Å². The van der Waals surface area contributed by atoms with E-state index in [4.69, 9.17) is 5.11 Å². The number of nitrogens with one attached hydrogen (secondary N) is 1. The molecule has 0 aliphatic rings. The van der Waals surface area contributed by atoms with Crippen LogP contribution in [0.3, 0.4) is 0 Å². The number of rotatable bonds is 6. The Bertz CT molecular complexity index is 459. The molecule has 0 saturated heterocycles. The van der Waals surface area contributed by atoms with Gasteiger partial charge in [0.2, 0.25) is 0 Å². The van der Waals surface area contributed by atoms with Crippen molar-refractivity contribution < 1.29 is 19.8 Å². The highest BCUT2D eigenvalue weighted by Gasteiger charge is 2.21. The number of aromatic hydroxyl groups is 1. The first kappa shape index (κ1) is 15.8. The normalized spacial score (nSPS) is 11.7. The van der Waals surface area contributed by atoms with Crippen LogP contribution in [0.25, 0.3) is 0 Å². The summed E-state index contributed by atoms with van der Waals surface area (Å²) in [5, 5.41) is 20.8. The summed E-state index contributed by atoms with van der Waals surface area (Å²) in [5.74, 6) is -0.931. The van der Waals surface area contributed by atoms with Gasteiger partial charge in [-0.25, -0.2) is 9.59 Å². The summed E-state index contributed by atoms with van der Waals surface area (Å²) < 4.78 is 0. The summed E-state index contributed by atoms with van der Waals surface area (Å²) in [6, 6.07) is 4.71. The maximum Gasteiger partial charge on any atom is 0.326 e. The van der Waals surface area contributed by atoms with E-state index in [9.17, 15) is 14.7 Å². The Labute approximate surface area is 118 Å². The van der Waals surface area contributed by atoms with Crippen molar-refractivity contribution in [1.29, 1.82) is 0 Å². The molecule has 6 heteroatoms. The van der Waals surface area contributed by atoms with E-state index >= 15 is 0 Å². The number of benzene rings is 1. The fourth-order valence-electron chi connectivity index (χ4n) is 1.70. The molecule has 1 aromatic rings. The maximum atomic E-state index is 12.0. The molecule has 0 aromatic heterocycles. The van der Waals surface area contributed by atoms with Crippen LogP contribution in [0, 0.1) is 0 Å². The third-order valence-electron chi connectivity index (χ3n) is 2.98. The lowest BCUT2D eigenvalue weighted by molar-refractivity contribution is -0.139. The second-order valence-corrected chi connectivity index (χ2v) is 4.56. The van der Waals surface area contributed by atoms with Gasteiger partial charge in [0.25, 0.3) is 0 Å². The summed E-state index contributed by atoms with van der Waals surface area (Å²) in [5.41, 5.74) is 0.569. The second kappa shape index (κ2) is 7.37. The number of carbonyl (C=O) groups excluding carboxylic acids is 1. The zero-order valence-corrected chi connectivity index (χ0v) is 11.7. The number of hydrogen-bond acceptors (Lipinski definition) is 3. The Morgan fingerprint density at radius 3 is 2.40 bits per heavy atom. The number of carboxylic acid groups (broad SMARTS) is 1. The molecule has 0 saturated carbocycles. The van der Waals surface area contributed by atoms with Crippen molar-refractivity contribution >= 4 is 17.7 Å². The zero-order chi connectivity index (χ0) is 15.1. The molecule has 2 amide bonds. The molecule has 1 atom stereocenters. The zero-order valence-electron chi connectivity index (χ0n) is 11.7. The van der Waals surface area contributed by atoms with Crippen molar-refractivity contribution in [2.24, 2.45) is 0 Å². The van der Waals surface area contributed by atoms with E-state index in [1.54, 1.807) is 19.2 Å². The molecule has 3 N–H and O–H groups in total. The summed E-state index contributed by atoms with van der Waals surface area (Å²) >= 11 is 0. The Kier molecular flexibility index (Phi) is 5.83. The van der Waals surface area contributed by atoms with Crippen molar-refractivity contribution in [2.45, 2.75) is 32.2 Å². The Hall–Kier alpha value is -2.24. The van der Waals surface area contributed by atoms with Gasteiger partial charge in [-0.1, -0.05) is 19.8 Å². The van der Waals surface area contributed by atoms with Gasteiger partial charge in [0, 0.05) is 12.7 Å². The number of carboxylic acids is 1. The molecule has 0 spiro atoms. The van der Waals surface area contributed by atoms with Crippen LogP contribution in [0.5, 0.6) is 5.75 Å². The highest BCUT2D eigenvalue weighted by atomic mass is 16.4. The Morgan fingerprint density at radius 1 is 1.30 bits per heavy atom. The molecule has 0 unspecified atom stereocenters. The molecule has 0 aliphatic heterocycles. The van der Waals surface area contributed by atoms with Crippen molar-refractivity contribution in [3.05, 3.63) is 24.3 Å². The van der Waals surface area contributed by atoms with Crippen LogP contribution in [-0.2, 0) is 4.79 Å². The quantitative estimate of drug-likeness (QED) is 0.745. The number of phenols is 1. The van der Waals surface area contributed by atoms with Crippen LogP contribution in [0.4, 0.5) is 10.5 Å². The number of unbranched alkanes of at least 4 members (excludes halogenated alkanes) is 1. The summed E-state index contributed by atoms with van der Waals surface area (Å²) in [7, 11) is 1.54. The third-order valence-corrected chi connectivity index (χ3v) is 2.98. The van der Waals surface area contributed by atoms with E-state index in [0.29, 0.717) is 12.1 Å². The number of hydrogen-bond donors (Lipinski definition) is 3. The molecule has 0 aliphatic carbocycles. The largest absolute Gasteiger partial charge is 0.508 e. The maximum absolute atomic E-state index is 12.0. The lowest BCUT2D eigenvalue weighted by Gasteiger charge is -2.21. The third kappa shape index (κ3) is 4.46. The predicted molar refractivity (Wildman–Crippen MR) is 76.0 cm³/mol. The molecule has 1 rings (SSSR count). The van der Waals surface area contributed by atoms with E-state index in [1.807, 2.05) is 6.92 Å². The van der Waals surface area contributed by atoms with Crippen molar-refractivity contribution in [3.63, 3.8) is 0 Å². The summed E-state index contributed by atoms with van der Waals surface area (Å²) in [4.78, 5) is 24.4. The Morgan fingerprint density at radius 2 is 1.90 bits per heavy atom. The smallest absolute Gasteiger partial charge is 0.326 e. The number of carbonyl (C=O) groups is 2. The monoisotopic (exact) mass is 280 g/mol. The first-order chi connectivity index (χ1) is 9.45. The minimum Gasteiger partial charge on any atom is -0.508 e. The van der Waals surface area contributed by atoms with E-state index < -0.39 is 18.0 Å². The number of aliphatic carboxylic acids is 1. The van der Waals surface area contributed by atoms with Gasteiger partial charge in [0.05, 0.1) is 0 Å². The average Bonchev–Trinajstić information content (AvgIpc) is 2.42. The lowest BCUT2D eigenvalue weighted by Crippen LogP contribution is -2.46. The van der Waals surface area contributed by atoms with Gasteiger partial charge in [-0.05, 0) is 30.7 Å². The molecule has 0 heterocycles. The molecule has 20 heavy (non-hydrogen) atoms. The van der Waals surface area contributed by atoms with Gasteiger partial charge in [-0.3, -0.25) is 4.90 Å². The van der Waals surface area contributed by atoms with Crippen molar-refractivity contribution in [1.82, 2.24) is 5.32 Å². The molecule has 0 fully saturated rings. The minimum atomic E-state index is -1.04. The molecule has 0 radical (unpaired) electrons. The minimum absolute atomic E-state index is 0.105. The van der Waals surface area contributed by atoms with Crippen LogP contribution in [0.1, 0.15) is 26.2 Å². The Balaban J connectivity index is 2.68. The number of anilines is 1. The summed E-state index contributed by atoms with van der Waals surface area (Å²) in [6.07, 6.45) is 2.01. The highest BCUT2D eigenvalue weighted by molar-refractivity contribution is 5.94. The number of amides is 2. The van der Waals surface area contributed by atoms with Crippen molar-refractivity contribution in [2.75, 3.05) is 11.9 Å². The molecule has 110 valence electrons. The van der Waals surface area contributed by atoms with E-state index in [1.165, 1.54) is 17.0 Å². The fourth-order valence-corrected chi connectivity index (χ4v) is 1.70. The van der Waals surface area contributed by atoms with Crippen LogP contribution in [-0.4, -0.2) is 35.3 Å². The molecule has 1 aromatic carbocycles. The number of urea groups is 1. The lowest BCUT2D eigenvalue weighted by atomic mass is 10.1. The first-order valence-electron chi connectivity index (χ1n) is 6.51. The van der Waals surface area contributed by atoms with Gasteiger partial charge in [-0.15, -0.1) is 0 Å². The molecule has 0 bridgehead atoms. The van der Waals surface area contributed by atoms with Gasteiger partial charge in [0.1, 0.15) is 11.8 Å². The topological polar surface area (TPSA) is 89.9 Å². The predicted octanol–water partition coefficient (Wildman–Crippen LogP) is 2.18. The molecular weight excluding hydrogens is 260 g/mol. The molecular formula is C14H20N2O4. The molecule has 6 nitrogen and oxygen atoms in total. The van der Waals surface area contributed by atoms with Crippen LogP contribution < -0.4 is 10.2 Å². The number of phenolic OH excluding ortho intramolecular Hbond substituents is 1. The van der Waals surface area contributed by atoms with Crippen LogP contribution in [0.2, 0.25) is 0 Å². The SMILES string of the molecule is CCCC[C@H](NC(=O)N(C)c1ccc(O)cc1)C(=O)O. The average molecular weight is 280 g/mol. The highest BCUT2D eigenvalue weighted by Crippen LogP contribution is 2.17. The summed E-state index contributed by atoms with van der Waals surface area (Å²) in [6.45, 7) is 1.96. The van der Waals surface area contributed by atoms with Crippen LogP contribution >= 0.6 is 0 Å². The van der Waals surface area contributed by atoms with E-state index in [2.05, 4.69) is 5.32 Å². The standard InChI is InChI=1S/C14H20N2O4/c1-3-4-5-12(13(18)19)15-14(20)16(2)10-6-8-11(17)9-7-10/h6-9,12,17H,3-5H2,1-2H3,(H,15,20)(H,18,19)/t12-/m0/s1. The second-order valence-electron chi connectivity index (χ2n) is 4.56. The van der Waals surface area contributed by atoms with Crippen molar-refractivity contribution in [3.8, 4) is 5.75 Å². The van der Waals surface area contributed by atoms with Gasteiger partial charge < -0.3 is 15.5 Å². The van der Waals surface area contributed by atoms with Gasteiger partial charge in [0.15, 0.2) is 0 Å². The first-order valence-corrected chi connectivity index (χ1v) is 6.51. The van der Waals surface area contributed by atoms with Gasteiger partial charge in [-0.2, -0.15) is 0 Å². The fraction of sp³-hybridized carbons (Fsp3) is 0.429. The van der Waals surface area contributed by atoms with E-state index in [0.717, 1.165) is 12.8 Å². The number of nitrogens with zero attached hydrogens (tertiary/aromatic N) is 1. The van der Waals surface area contributed by atoms with Gasteiger partial charge >= 0.3 is 12.0 Å². The van der Waals surface area contributed by atoms with Crippen LogP contribution in [0.15, 0.2) is 24.3 Å².